The SMILES string of the molecule is COc1cc(C2CCC(Cn3c(NC(=O)c4ccccc4)nc4cc(-c5ccccc5)ccc4c3=O)O2)ccc1F. The van der Waals surface area contributed by atoms with E-state index in [9.17, 15) is 14.0 Å². The van der Waals surface area contributed by atoms with Crippen LogP contribution in [-0.4, -0.2) is 28.7 Å². The van der Waals surface area contributed by atoms with Gasteiger partial charge in [0.2, 0.25) is 5.95 Å². The summed E-state index contributed by atoms with van der Waals surface area (Å²) in [6.45, 7) is 0.196. The Morgan fingerprint density at radius 1 is 0.976 bits per heavy atom. The van der Waals surface area contributed by atoms with Gasteiger partial charge in [-0.1, -0.05) is 60.7 Å². The number of hydrogen-bond donors (Lipinski definition) is 1. The highest BCUT2D eigenvalue weighted by Crippen LogP contribution is 2.35. The lowest BCUT2D eigenvalue weighted by atomic mass is 10.0. The third kappa shape index (κ3) is 5.47. The molecular formula is C33H28FN3O4. The molecule has 0 spiro atoms. The van der Waals surface area contributed by atoms with E-state index in [2.05, 4.69) is 5.32 Å². The molecule has 2 atom stereocenters. The van der Waals surface area contributed by atoms with Gasteiger partial charge in [-0.15, -0.1) is 0 Å². The Balaban J connectivity index is 1.34. The van der Waals surface area contributed by atoms with Gasteiger partial charge in [-0.3, -0.25) is 19.5 Å². The molecule has 1 aromatic heterocycles. The second-order valence-electron chi connectivity index (χ2n) is 9.99. The highest BCUT2D eigenvalue weighted by atomic mass is 19.1. The second kappa shape index (κ2) is 11.3. The van der Waals surface area contributed by atoms with Gasteiger partial charge in [0.05, 0.1) is 36.8 Å². The van der Waals surface area contributed by atoms with Gasteiger partial charge in [0, 0.05) is 5.56 Å². The van der Waals surface area contributed by atoms with Crippen LogP contribution in [0.25, 0.3) is 22.0 Å². The summed E-state index contributed by atoms with van der Waals surface area (Å²) in [4.78, 5) is 31.7. The number of methoxy groups -OCH3 is 1. The van der Waals surface area contributed by atoms with Crippen molar-refractivity contribution in [3.63, 3.8) is 0 Å². The van der Waals surface area contributed by atoms with Crippen molar-refractivity contribution in [1.82, 2.24) is 9.55 Å². The average molecular weight is 550 g/mol. The Bertz CT molecular complexity index is 1770. The largest absolute Gasteiger partial charge is 0.494 e. The maximum Gasteiger partial charge on any atom is 0.262 e. The van der Waals surface area contributed by atoms with Gasteiger partial charge in [-0.05, 0) is 65.9 Å². The normalized spacial score (nSPS) is 16.5. The number of aromatic nitrogens is 2. The van der Waals surface area contributed by atoms with Gasteiger partial charge in [0.15, 0.2) is 11.6 Å². The highest BCUT2D eigenvalue weighted by molar-refractivity contribution is 6.03. The molecular weight excluding hydrogens is 521 g/mol. The first-order valence-electron chi connectivity index (χ1n) is 13.5. The first kappa shape index (κ1) is 26.4. The maximum atomic E-state index is 13.9. The molecule has 41 heavy (non-hydrogen) atoms. The number of halogens is 1. The van der Waals surface area contributed by atoms with Crippen LogP contribution in [0.15, 0.2) is 102 Å². The monoisotopic (exact) mass is 549 g/mol. The predicted molar refractivity (Wildman–Crippen MR) is 156 cm³/mol. The number of benzene rings is 4. The smallest absolute Gasteiger partial charge is 0.262 e. The van der Waals surface area contributed by atoms with Crippen molar-refractivity contribution in [2.24, 2.45) is 0 Å². The molecule has 1 fully saturated rings. The van der Waals surface area contributed by atoms with E-state index in [1.165, 1.54) is 17.7 Å². The first-order valence-corrected chi connectivity index (χ1v) is 13.5. The van der Waals surface area contributed by atoms with Crippen molar-refractivity contribution in [2.75, 3.05) is 12.4 Å². The van der Waals surface area contributed by atoms with Gasteiger partial charge in [0.25, 0.3) is 11.5 Å². The van der Waals surface area contributed by atoms with Gasteiger partial charge in [-0.2, -0.15) is 0 Å². The fourth-order valence-electron chi connectivity index (χ4n) is 5.22. The van der Waals surface area contributed by atoms with E-state index < -0.39 is 5.82 Å². The molecule has 0 radical (unpaired) electrons. The van der Waals surface area contributed by atoms with Crippen molar-refractivity contribution in [3.05, 3.63) is 124 Å². The Hall–Kier alpha value is -4.82. The maximum absolute atomic E-state index is 13.9. The van der Waals surface area contributed by atoms with Gasteiger partial charge >= 0.3 is 0 Å². The third-order valence-corrected chi connectivity index (χ3v) is 7.36. The molecule has 1 aliphatic rings. The molecule has 1 N–H and O–H groups in total. The summed E-state index contributed by atoms with van der Waals surface area (Å²) >= 11 is 0. The van der Waals surface area contributed by atoms with E-state index in [-0.39, 0.29) is 41.9 Å². The van der Waals surface area contributed by atoms with Crippen LogP contribution in [0.4, 0.5) is 10.3 Å². The Labute approximate surface area is 236 Å². The Morgan fingerprint density at radius 2 is 1.73 bits per heavy atom. The number of amides is 1. The molecule has 0 aliphatic carbocycles. The predicted octanol–water partition coefficient (Wildman–Crippen LogP) is 6.38. The zero-order valence-electron chi connectivity index (χ0n) is 22.4. The first-order chi connectivity index (χ1) is 20.0. The molecule has 1 saturated heterocycles. The molecule has 2 heterocycles. The third-order valence-electron chi connectivity index (χ3n) is 7.36. The molecule has 6 rings (SSSR count). The van der Waals surface area contributed by atoms with E-state index in [0.717, 1.165) is 16.7 Å². The fourth-order valence-corrected chi connectivity index (χ4v) is 5.22. The number of carbonyl (C=O) groups is 1. The number of anilines is 1. The summed E-state index contributed by atoms with van der Waals surface area (Å²) in [5.74, 6) is -0.496. The van der Waals surface area contributed by atoms with Crippen LogP contribution in [-0.2, 0) is 11.3 Å². The minimum Gasteiger partial charge on any atom is -0.494 e. The lowest BCUT2D eigenvalue weighted by Crippen LogP contribution is -2.31. The summed E-state index contributed by atoms with van der Waals surface area (Å²) in [7, 11) is 1.42. The summed E-state index contributed by atoms with van der Waals surface area (Å²) < 4.78 is 26.8. The molecule has 206 valence electrons. The van der Waals surface area contributed by atoms with E-state index in [1.807, 2.05) is 48.5 Å². The minimum atomic E-state index is -0.436. The zero-order chi connectivity index (χ0) is 28.3. The molecule has 8 heteroatoms. The molecule has 4 aromatic carbocycles. The van der Waals surface area contributed by atoms with Crippen LogP contribution in [0, 0.1) is 5.82 Å². The zero-order valence-corrected chi connectivity index (χ0v) is 22.4. The van der Waals surface area contributed by atoms with E-state index in [1.54, 1.807) is 42.5 Å². The fraction of sp³-hybridized carbons (Fsp3) is 0.182. The topological polar surface area (TPSA) is 82.5 Å². The molecule has 1 amide bonds. The number of hydrogen-bond acceptors (Lipinski definition) is 5. The van der Waals surface area contributed by atoms with Crippen molar-refractivity contribution in [3.8, 4) is 16.9 Å². The highest BCUT2D eigenvalue weighted by Gasteiger charge is 2.29. The molecule has 7 nitrogen and oxygen atoms in total. The molecule has 0 bridgehead atoms. The lowest BCUT2D eigenvalue weighted by Gasteiger charge is -2.19. The second-order valence-corrected chi connectivity index (χ2v) is 9.99. The van der Waals surface area contributed by atoms with Crippen molar-refractivity contribution in [2.45, 2.75) is 31.6 Å². The standard InChI is InChI=1S/C33H28FN3O4/c1-40-30-19-24(13-16-27(30)34)29-17-14-25(41-29)20-37-32(39)26-15-12-23(21-8-4-2-5-9-21)18-28(26)35-33(37)36-31(38)22-10-6-3-7-11-22/h2-13,15-16,18-19,25,29H,14,17,20H2,1H3,(H,35,36,38). The summed E-state index contributed by atoms with van der Waals surface area (Å²) in [6.07, 6.45) is 0.785. The average Bonchev–Trinajstić information content (AvgIpc) is 3.48. The van der Waals surface area contributed by atoms with Crippen molar-refractivity contribution in [1.29, 1.82) is 0 Å². The molecule has 1 aliphatic heterocycles. The van der Waals surface area contributed by atoms with Crippen LogP contribution in [0.2, 0.25) is 0 Å². The van der Waals surface area contributed by atoms with Crippen LogP contribution in [0.3, 0.4) is 0 Å². The molecule has 5 aromatic rings. The summed E-state index contributed by atoms with van der Waals surface area (Å²) in [5, 5.41) is 3.30. The van der Waals surface area contributed by atoms with E-state index in [0.29, 0.717) is 29.3 Å². The summed E-state index contributed by atoms with van der Waals surface area (Å²) in [6, 6.07) is 28.8. The number of carbonyl (C=O) groups excluding carboxylic acids is 1. The number of nitrogens with zero attached hydrogens (tertiary/aromatic N) is 2. The van der Waals surface area contributed by atoms with Crippen LogP contribution in [0.1, 0.15) is 34.9 Å². The number of rotatable bonds is 7. The molecule has 0 saturated carbocycles. The van der Waals surface area contributed by atoms with Crippen LogP contribution < -0.4 is 15.6 Å². The van der Waals surface area contributed by atoms with Crippen molar-refractivity contribution >= 4 is 22.8 Å². The minimum absolute atomic E-state index is 0.150. The molecule has 2 unspecified atom stereocenters. The number of nitrogens with one attached hydrogen (secondary N) is 1. The number of fused-ring (bicyclic) bond motifs is 1. The lowest BCUT2D eigenvalue weighted by molar-refractivity contribution is 0.0346. The van der Waals surface area contributed by atoms with E-state index >= 15 is 0 Å². The summed E-state index contributed by atoms with van der Waals surface area (Å²) in [5.41, 5.74) is 3.39. The van der Waals surface area contributed by atoms with Gasteiger partial charge in [0.1, 0.15) is 0 Å². The van der Waals surface area contributed by atoms with E-state index in [4.69, 9.17) is 14.5 Å². The van der Waals surface area contributed by atoms with Crippen LogP contribution in [0.5, 0.6) is 5.75 Å². The quantitative estimate of drug-likeness (QED) is 0.255. The van der Waals surface area contributed by atoms with Crippen molar-refractivity contribution < 1.29 is 18.7 Å². The van der Waals surface area contributed by atoms with Gasteiger partial charge in [-0.25, -0.2) is 9.37 Å². The van der Waals surface area contributed by atoms with Crippen LogP contribution >= 0.6 is 0 Å². The Morgan fingerprint density at radius 3 is 2.49 bits per heavy atom. The number of ether oxygens (including phenoxy) is 2. The Kier molecular flexibility index (Phi) is 7.31. The van der Waals surface area contributed by atoms with Gasteiger partial charge < -0.3 is 9.47 Å².